The van der Waals surface area contributed by atoms with E-state index in [-0.39, 0.29) is 13.2 Å². The number of aliphatic hydroxyl groups is 1. The molecule has 1 N–H and O–H groups in total. The Kier molecular flexibility index (Phi) is 6.14. The van der Waals surface area contributed by atoms with E-state index in [0.29, 0.717) is 0 Å². The van der Waals surface area contributed by atoms with Crippen LogP contribution < -0.4 is 0 Å². The first-order valence-corrected chi connectivity index (χ1v) is 5.79. The van der Waals surface area contributed by atoms with Crippen molar-refractivity contribution in [3.05, 3.63) is 0 Å². The molecular formula is C6H14ClO4P. The van der Waals surface area contributed by atoms with E-state index in [1.807, 2.05) is 0 Å². The summed E-state index contributed by atoms with van der Waals surface area (Å²) < 4.78 is 21.3. The normalized spacial score (nSPS) is 14.7. The second-order valence-corrected chi connectivity index (χ2v) is 5.04. The van der Waals surface area contributed by atoms with Crippen LogP contribution in [0.2, 0.25) is 0 Å². The number of rotatable bonds is 6. The van der Waals surface area contributed by atoms with Crippen molar-refractivity contribution in [2.45, 2.75) is 19.0 Å². The van der Waals surface area contributed by atoms with Crippen LogP contribution in [0.3, 0.4) is 0 Å². The van der Waals surface area contributed by atoms with Gasteiger partial charge in [0.1, 0.15) is 0 Å². The van der Waals surface area contributed by atoms with Gasteiger partial charge in [0.05, 0.1) is 19.8 Å². The highest BCUT2D eigenvalue weighted by Crippen LogP contribution is 2.54. The molecule has 12 heavy (non-hydrogen) atoms. The third-order valence-electron chi connectivity index (χ3n) is 1.11. The van der Waals surface area contributed by atoms with Gasteiger partial charge in [-0.3, -0.25) is 4.57 Å². The summed E-state index contributed by atoms with van der Waals surface area (Å²) in [5.74, 6) is 0. The SMILES string of the molecule is CCOP(=O)(OCC)C(Cl)CO. The number of alkyl halides is 1. The Balaban J connectivity index is 4.27. The van der Waals surface area contributed by atoms with Crippen LogP contribution in [-0.2, 0) is 13.6 Å². The summed E-state index contributed by atoms with van der Waals surface area (Å²) in [6.45, 7) is 3.46. The maximum absolute atomic E-state index is 11.6. The molecule has 0 aromatic rings. The second-order valence-electron chi connectivity index (χ2n) is 1.99. The van der Waals surface area contributed by atoms with Crippen LogP contribution >= 0.6 is 19.2 Å². The Labute approximate surface area is 77.4 Å². The average molecular weight is 217 g/mol. The molecule has 0 fully saturated rings. The Morgan fingerprint density at radius 1 is 1.42 bits per heavy atom. The van der Waals surface area contributed by atoms with Gasteiger partial charge in [-0.1, -0.05) is 0 Å². The zero-order valence-electron chi connectivity index (χ0n) is 7.20. The third kappa shape index (κ3) is 3.42. The van der Waals surface area contributed by atoms with Crippen molar-refractivity contribution in [3.63, 3.8) is 0 Å². The highest BCUT2D eigenvalue weighted by atomic mass is 35.5. The van der Waals surface area contributed by atoms with Gasteiger partial charge in [0, 0.05) is 0 Å². The van der Waals surface area contributed by atoms with Crippen LogP contribution in [0.15, 0.2) is 0 Å². The van der Waals surface area contributed by atoms with E-state index in [0.717, 1.165) is 0 Å². The Hall–Kier alpha value is 0.400. The molecule has 0 heterocycles. The quantitative estimate of drug-likeness (QED) is 0.544. The van der Waals surface area contributed by atoms with E-state index >= 15 is 0 Å². The molecule has 0 aliphatic carbocycles. The fourth-order valence-corrected chi connectivity index (χ4v) is 2.31. The number of aliphatic hydroxyl groups excluding tert-OH is 1. The molecule has 1 unspecified atom stereocenters. The lowest BCUT2D eigenvalue weighted by Gasteiger charge is -2.19. The first-order chi connectivity index (χ1) is 5.60. The molecule has 0 aliphatic heterocycles. The van der Waals surface area contributed by atoms with Gasteiger partial charge in [-0.15, -0.1) is 11.6 Å². The highest BCUT2D eigenvalue weighted by Gasteiger charge is 2.33. The Bertz CT molecular complexity index is 154. The molecule has 6 heteroatoms. The van der Waals surface area contributed by atoms with Gasteiger partial charge in [-0.05, 0) is 13.8 Å². The molecule has 0 saturated carbocycles. The first-order valence-electron chi connectivity index (χ1n) is 3.74. The summed E-state index contributed by atoms with van der Waals surface area (Å²) in [6.07, 6.45) is 0. The van der Waals surface area contributed by atoms with E-state index < -0.39 is 19.3 Å². The molecule has 0 amide bonds. The second kappa shape index (κ2) is 5.95. The number of halogens is 1. The predicted molar refractivity (Wildman–Crippen MR) is 47.6 cm³/mol. The van der Waals surface area contributed by atoms with Gasteiger partial charge in [-0.25, -0.2) is 0 Å². The van der Waals surface area contributed by atoms with Gasteiger partial charge >= 0.3 is 7.60 Å². The van der Waals surface area contributed by atoms with Crippen LogP contribution in [0, 0.1) is 0 Å². The molecule has 0 rings (SSSR count). The summed E-state index contributed by atoms with van der Waals surface area (Å²) in [5.41, 5.74) is 0. The van der Waals surface area contributed by atoms with Gasteiger partial charge in [0.25, 0.3) is 0 Å². The van der Waals surface area contributed by atoms with Gasteiger partial charge < -0.3 is 14.2 Å². The maximum atomic E-state index is 11.6. The summed E-state index contributed by atoms with van der Waals surface area (Å²) in [5, 5.41) is 7.68. The standard InChI is InChI=1S/C6H14ClO4P/c1-3-10-12(9,11-4-2)6(7)5-8/h6,8H,3-5H2,1-2H3. The monoisotopic (exact) mass is 216 g/mol. The zero-order chi connectivity index (χ0) is 9.61. The minimum absolute atomic E-state index is 0.250. The highest BCUT2D eigenvalue weighted by molar-refractivity contribution is 7.56. The lowest BCUT2D eigenvalue weighted by Crippen LogP contribution is -2.11. The van der Waals surface area contributed by atoms with E-state index in [1.54, 1.807) is 13.8 Å². The van der Waals surface area contributed by atoms with Crippen LogP contribution in [0.1, 0.15) is 13.8 Å². The summed E-state index contributed by atoms with van der Waals surface area (Å²) in [6, 6.07) is 0. The van der Waals surface area contributed by atoms with Crippen molar-refractivity contribution in [3.8, 4) is 0 Å². The van der Waals surface area contributed by atoms with E-state index in [1.165, 1.54) is 0 Å². The van der Waals surface area contributed by atoms with Crippen molar-refractivity contribution in [2.75, 3.05) is 19.8 Å². The average Bonchev–Trinajstić information content (AvgIpc) is 2.04. The molecule has 0 aromatic heterocycles. The smallest absolute Gasteiger partial charge is 0.350 e. The van der Waals surface area contributed by atoms with Crippen LogP contribution in [0.25, 0.3) is 0 Å². The maximum Gasteiger partial charge on any atom is 0.350 e. The summed E-state index contributed by atoms with van der Waals surface area (Å²) in [4.78, 5) is 0. The van der Waals surface area contributed by atoms with Crippen molar-refractivity contribution >= 4 is 19.2 Å². The molecule has 74 valence electrons. The topological polar surface area (TPSA) is 55.8 Å². The largest absolute Gasteiger partial charge is 0.394 e. The van der Waals surface area contributed by atoms with Crippen LogP contribution in [0.5, 0.6) is 0 Å². The molecule has 1 atom stereocenters. The van der Waals surface area contributed by atoms with Crippen molar-refractivity contribution in [1.82, 2.24) is 0 Å². The molecular weight excluding hydrogens is 202 g/mol. The van der Waals surface area contributed by atoms with Crippen molar-refractivity contribution in [2.24, 2.45) is 0 Å². The number of hydrogen-bond donors (Lipinski definition) is 1. The van der Waals surface area contributed by atoms with Gasteiger partial charge in [0.15, 0.2) is 5.12 Å². The lowest BCUT2D eigenvalue weighted by molar-refractivity contribution is 0.206. The van der Waals surface area contributed by atoms with Gasteiger partial charge in [-0.2, -0.15) is 0 Å². The van der Waals surface area contributed by atoms with Crippen molar-refractivity contribution < 1.29 is 18.7 Å². The molecule has 0 saturated heterocycles. The Morgan fingerprint density at radius 2 is 1.83 bits per heavy atom. The molecule has 0 aromatic carbocycles. The van der Waals surface area contributed by atoms with Crippen molar-refractivity contribution in [1.29, 1.82) is 0 Å². The Morgan fingerprint density at radius 3 is 2.08 bits per heavy atom. The van der Waals surface area contributed by atoms with E-state index in [9.17, 15) is 4.57 Å². The minimum Gasteiger partial charge on any atom is -0.394 e. The lowest BCUT2D eigenvalue weighted by atomic mass is 10.9. The first kappa shape index (κ1) is 12.4. The molecule has 4 nitrogen and oxygen atoms in total. The summed E-state index contributed by atoms with van der Waals surface area (Å²) in [7, 11) is -3.29. The zero-order valence-corrected chi connectivity index (χ0v) is 8.85. The van der Waals surface area contributed by atoms with Crippen LogP contribution in [-0.4, -0.2) is 30.0 Å². The van der Waals surface area contributed by atoms with Crippen LogP contribution in [0.4, 0.5) is 0 Å². The fourth-order valence-electron chi connectivity index (χ4n) is 0.659. The van der Waals surface area contributed by atoms with E-state index in [2.05, 4.69) is 0 Å². The molecule has 0 aliphatic rings. The minimum atomic E-state index is -3.29. The molecule has 0 radical (unpaired) electrons. The molecule has 0 bridgehead atoms. The predicted octanol–water partition coefficient (Wildman–Crippen LogP) is 1.81. The fraction of sp³-hybridized carbons (Fsp3) is 1.00. The third-order valence-corrected chi connectivity index (χ3v) is 4.05. The van der Waals surface area contributed by atoms with E-state index in [4.69, 9.17) is 25.8 Å². The summed E-state index contributed by atoms with van der Waals surface area (Å²) >= 11 is 5.57. The van der Waals surface area contributed by atoms with Gasteiger partial charge in [0.2, 0.25) is 0 Å². The molecule has 0 spiro atoms. The number of hydrogen-bond acceptors (Lipinski definition) is 4.